The lowest BCUT2D eigenvalue weighted by Gasteiger charge is -2.18. The molecule has 1 unspecified atom stereocenters. The van der Waals surface area contributed by atoms with Crippen LogP contribution in [0.15, 0.2) is 39.3 Å². The lowest BCUT2D eigenvalue weighted by Crippen LogP contribution is -2.09. The first-order valence-electron chi connectivity index (χ1n) is 6.05. The molecule has 0 amide bonds. The average Bonchev–Trinajstić information content (AvgIpc) is 2.35. The lowest BCUT2D eigenvalue weighted by atomic mass is 10.1. The number of aryl methyl sites for hydroxylation is 1. The molecule has 0 fully saturated rings. The summed E-state index contributed by atoms with van der Waals surface area (Å²) in [5, 5.41) is 3.20. The largest absolute Gasteiger partial charge is 0.378 e. The predicted octanol–water partition coefficient (Wildman–Crippen LogP) is 5.97. The van der Waals surface area contributed by atoms with Gasteiger partial charge in [-0.05, 0) is 59.6 Å². The molecule has 0 bridgehead atoms. The van der Waals surface area contributed by atoms with Gasteiger partial charge in [0.15, 0.2) is 0 Å². The maximum absolute atomic E-state index is 13.9. The van der Waals surface area contributed by atoms with Gasteiger partial charge in [0, 0.05) is 15.7 Å². The van der Waals surface area contributed by atoms with Crippen molar-refractivity contribution in [3.05, 3.63) is 62.0 Å². The molecule has 0 saturated heterocycles. The van der Waals surface area contributed by atoms with Crippen molar-refractivity contribution >= 4 is 37.5 Å². The molecule has 2 aromatic carbocycles. The van der Waals surface area contributed by atoms with Gasteiger partial charge in [0.1, 0.15) is 11.6 Å². The quantitative estimate of drug-likeness (QED) is 0.664. The molecule has 20 heavy (non-hydrogen) atoms. The van der Waals surface area contributed by atoms with Gasteiger partial charge >= 0.3 is 0 Å². The molecule has 0 radical (unpaired) electrons. The Bertz CT molecular complexity index is 644. The zero-order valence-corrected chi connectivity index (χ0v) is 14.1. The van der Waals surface area contributed by atoms with Crippen LogP contribution in [0, 0.1) is 18.6 Å². The summed E-state index contributed by atoms with van der Waals surface area (Å²) in [5.41, 5.74) is 2.11. The molecule has 1 atom stereocenters. The second-order valence-corrected chi connectivity index (χ2v) is 6.38. The van der Waals surface area contributed by atoms with E-state index in [4.69, 9.17) is 0 Å². The summed E-state index contributed by atoms with van der Waals surface area (Å²) in [7, 11) is 0. The zero-order valence-electron chi connectivity index (χ0n) is 11.0. The Balaban J connectivity index is 2.27. The maximum Gasteiger partial charge on any atom is 0.137 e. The molecule has 5 heteroatoms. The number of rotatable bonds is 3. The van der Waals surface area contributed by atoms with Crippen LogP contribution in [-0.2, 0) is 0 Å². The van der Waals surface area contributed by atoms with Crippen LogP contribution in [-0.4, -0.2) is 0 Å². The van der Waals surface area contributed by atoms with Gasteiger partial charge in [-0.1, -0.05) is 22.0 Å². The van der Waals surface area contributed by atoms with Crippen molar-refractivity contribution in [2.75, 3.05) is 5.32 Å². The second-order valence-electron chi connectivity index (χ2n) is 4.61. The number of hydrogen-bond acceptors (Lipinski definition) is 1. The van der Waals surface area contributed by atoms with Gasteiger partial charge in [0.05, 0.1) is 10.5 Å². The van der Waals surface area contributed by atoms with Crippen molar-refractivity contribution in [1.29, 1.82) is 0 Å². The lowest BCUT2D eigenvalue weighted by molar-refractivity contribution is 0.599. The molecular formula is C15H13Br2F2N. The summed E-state index contributed by atoms with van der Waals surface area (Å²) in [6.07, 6.45) is 0. The van der Waals surface area contributed by atoms with Crippen LogP contribution in [0.4, 0.5) is 14.5 Å². The highest BCUT2D eigenvalue weighted by atomic mass is 79.9. The van der Waals surface area contributed by atoms with Crippen molar-refractivity contribution in [1.82, 2.24) is 0 Å². The summed E-state index contributed by atoms with van der Waals surface area (Å²) in [4.78, 5) is 0. The third-order valence-electron chi connectivity index (χ3n) is 3.07. The van der Waals surface area contributed by atoms with Crippen molar-refractivity contribution in [2.24, 2.45) is 0 Å². The summed E-state index contributed by atoms with van der Waals surface area (Å²) >= 11 is 6.39. The molecular weight excluding hydrogens is 392 g/mol. The molecule has 0 aliphatic carbocycles. The van der Waals surface area contributed by atoms with Crippen LogP contribution in [0.5, 0.6) is 0 Å². The Kier molecular flexibility index (Phi) is 4.81. The van der Waals surface area contributed by atoms with Crippen LogP contribution in [0.3, 0.4) is 0 Å². The van der Waals surface area contributed by atoms with Gasteiger partial charge in [-0.3, -0.25) is 0 Å². The third kappa shape index (κ3) is 3.38. The predicted molar refractivity (Wildman–Crippen MR) is 85.0 cm³/mol. The van der Waals surface area contributed by atoms with E-state index in [1.807, 2.05) is 13.8 Å². The van der Waals surface area contributed by atoms with Gasteiger partial charge in [-0.25, -0.2) is 8.78 Å². The SMILES string of the molecule is Cc1cc(F)c(Br)cc1NC(C)c1ccc(Br)cc1F. The van der Waals surface area contributed by atoms with Gasteiger partial charge in [0.2, 0.25) is 0 Å². The van der Waals surface area contributed by atoms with E-state index in [-0.39, 0.29) is 17.7 Å². The molecule has 0 aliphatic rings. The highest BCUT2D eigenvalue weighted by Crippen LogP contribution is 2.29. The number of anilines is 1. The van der Waals surface area contributed by atoms with E-state index in [2.05, 4.69) is 37.2 Å². The molecule has 2 rings (SSSR count). The Morgan fingerprint density at radius 3 is 2.40 bits per heavy atom. The first-order chi connectivity index (χ1) is 9.38. The second kappa shape index (κ2) is 6.22. The first kappa shape index (κ1) is 15.4. The maximum atomic E-state index is 13.9. The van der Waals surface area contributed by atoms with E-state index in [0.717, 1.165) is 11.3 Å². The van der Waals surface area contributed by atoms with E-state index in [1.54, 1.807) is 18.2 Å². The summed E-state index contributed by atoms with van der Waals surface area (Å²) < 4.78 is 28.4. The van der Waals surface area contributed by atoms with Crippen LogP contribution >= 0.6 is 31.9 Å². The highest BCUT2D eigenvalue weighted by Gasteiger charge is 2.13. The number of halogens is 4. The van der Waals surface area contributed by atoms with Gasteiger partial charge in [0.25, 0.3) is 0 Å². The van der Waals surface area contributed by atoms with E-state index >= 15 is 0 Å². The van der Waals surface area contributed by atoms with Crippen molar-refractivity contribution < 1.29 is 8.78 Å². The molecule has 2 aromatic rings. The number of benzene rings is 2. The van der Waals surface area contributed by atoms with Crippen LogP contribution in [0.2, 0.25) is 0 Å². The van der Waals surface area contributed by atoms with Gasteiger partial charge < -0.3 is 5.32 Å². The molecule has 0 saturated carbocycles. The molecule has 0 aliphatic heterocycles. The Labute approximate surface area is 133 Å². The van der Waals surface area contributed by atoms with Crippen LogP contribution < -0.4 is 5.32 Å². The fourth-order valence-electron chi connectivity index (χ4n) is 1.97. The zero-order chi connectivity index (χ0) is 14.9. The molecule has 1 nitrogen and oxygen atoms in total. The smallest absolute Gasteiger partial charge is 0.137 e. The minimum absolute atomic E-state index is 0.223. The molecule has 0 heterocycles. The number of hydrogen-bond donors (Lipinski definition) is 1. The van der Waals surface area contributed by atoms with Crippen LogP contribution in [0.25, 0.3) is 0 Å². The fourth-order valence-corrected chi connectivity index (χ4v) is 2.64. The average molecular weight is 405 g/mol. The van der Waals surface area contributed by atoms with Crippen LogP contribution in [0.1, 0.15) is 24.1 Å². The van der Waals surface area contributed by atoms with E-state index < -0.39 is 0 Å². The van der Waals surface area contributed by atoms with E-state index in [9.17, 15) is 8.78 Å². The Hall–Kier alpha value is -0.940. The Morgan fingerprint density at radius 1 is 1.05 bits per heavy atom. The monoisotopic (exact) mass is 403 g/mol. The van der Waals surface area contributed by atoms with Crippen molar-refractivity contribution in [2.45, 2.75) is 19.9 Å². The van der Waals surface area contributed by atoms with Gasteiger partial charge in [-0.2, -0.15) is 0 Å². The molecule has 1 N–H and O–H groups in total. The Morgan fingerprint density at radius 2 is 1.75 bits per heavy atom. The van der Waals surface area contributed by atoms with Gasteiger partial charge in [-0.15, -0.1) is 0 Å². The third-order valence-corrected chi connectivity index (χ3v) is 4.17. The molecule has 0 aromatic heterocycles. The minimum atomic E-state index is -0.310. The highest BCUT2D eigenvalue weighted by molar-refractivity contribution is 9.10. The molecule has 106 valence electrons. The van der Waals surface area contributed by atoms with Crippen molar-refractivity contribution in [3.8, 4) is 0 Å². The van der Waals surface area contributed by atoms with E-state index in [0.29, 0.717) is 14.5 Å². The normalized spacial score (nSPS) is 12.3. The minimum Gasteiger partial charge on any atom is -0.378 e. The first-order valence-corrected chi connectivity index (χ1v) is 7.64. The van der Waals surface area contributed by atoms with Crippen molar-refractivity contribution in [3.63, 3.8) is 0 Å². The molecule has 0 spiro atoms. The van der Waals surface area contributed by atoms with E-state index in [1.165, 1.54) is 12.1 Å². The summed E-state index contributed by atoms with van der Waals surface area (Å²) in [6.45, 7) is 3.67. The topological polar surface area (TPSA) is 12.0 Å². The summed E-state index contributed by atoms with van der Waals surface area (Å²) in [6, 6.07) is 7.84. The standard InChI is InChI=1S/C15H13Br2F2N/c1-8-5-14(19)12(17)7-15(8)20-9(2)11-4-3-10(16)6-13(11)18/h3-7,9,20H,1-2H3. The summed E-state index contributed by atoms with van der Waals surface area (Å²) in [5.74, 6) is -0.589. The fraction of sp³-hybridized carbons (Fsp3) is 0.200. The number of nitrogens with one attached hydrogen (secondary N) is 1.